The van der Waals surface area contributed by atoms with Crippen molar-refractivity contribution in [1.29, 1.82) is 0 Å². The molecule has 4 heteroatoms. The monoisotopic (exact) mass is 208 g/mol. The van der Waals surface area contributed by atoms with Crippen LogP contribution in [-0.2, 0) is 4.79 Å². The highest BCUT2D eigenvalue weighted by atomic mass is 16.3. The number of para-hydroxylation sites is 1. The van der Waals surface area contributed by atoms with Crippen molar-refractivity contribution >= 4 is 11.6 Å². The van der Waals surface area contributed by atoms with Crippen molar-refractivity contribution in [2.45, 2.75) is 19.9 Å². The molecule has 1 rings (SSSR count). The van der Waals surface area contributed by atoms with Crippen molar-refractivity contribution in [2.24, 2.45) is 0 Å². The van der Waals surface area contributed by atoms with Crippen molar-refractivity contribution in [2.75, 3.05) is 12.4 Å². The van der Waals surface area contributed by atoms with Crippen LogP contribution in [0.3, 0.4) is 0 Å². The lowest BCUT2D eigenvalue weighted by Gasteiger charge is -2.12. The van der Waals surface area contributed by atoms with E-state index in [2.05, 4.69) is 10.6 Å². The molecule has 0 fully saturated rings. The van der Waals surface area contributed by atoms with Crippen molar-refractivity contribution < 1.29 is 9.90 Å². The number of nitrogens with one attached hydrogen (secondary N) is 2. The minimum absolute atomic E-state index is 0.120. The molecular formula is C11H16N2O2. The molecule has 1 atom stereocenters. The number of carbonyl (C=O) groups is 1. The van der Waals surface area contributed by atoms with Crippen LogP contribution in [0.25, 0.3) is 0 Å². The lowest BCUT2D eigenvalue weighted by atomic mass is 10.2. The van der Waals surface area contributed by atoms with Crippen molar-refractivity contribution in [3.63, 3.8) is 0 Å². The Morgan fingerprint density at radius 3 is 2.73 bits per heavy atom. The maximum absolute atomic E-state index is 11.5. The first-order chi connectivity index (χ1) is 7.06. The maximum atomic E-state index is 11.5. The Morgan fingerprint density at radius 2 is 2.13 bits per heavy atom. The Balaban J connectivity index is 2.81. The minimum atomic E-state index is -0.287. The van der Waals surface area contributed by atoms with Gasteiger partial charge in [0.15, 0.2) is 0 Å². The third-order valence-corrected chi connectivity index (χ3v) is 2.32. The lowest BCUT2D eigenvalue weighted by molar-refractivity contribution is -0.117. The molecule has 1 aromatic rings. The van der Waals surface area contributed by atoms with Gasteiger partial charge in [0.25, 0.3) is 0 Å². The molecule has 0 bridgehead atoms. The molecule has 0 radical (unpaired) electrons. The van der Waals surface area contributed by atoms with Crippen LogP contribution in [-0.4, -0.2) is 24.1 Å². The smallest absolute Gasteiger partial charge is 0.241 e. The van der Waals surface area contributed by atoms with Crippen molar-refractivity contribution in [3.05, 3.63) is 23.8 Å². The number of benzene rings is 1. The van der Waals surface area contributed by atoms with Crippen LogP contribution >= 0.6 is 0 Å². The molecular weight excluding hydrogens is 192 g/mol. The predicted molar refractivity (Wildman–Crippen MR) is 60.0 cm³/mol. The Kier molecular flexibility index (Phi) is 3.68. The highest BCUT2D eigenvalue weighted by molar-refractivity contribution is 5.95. The number of phenols is 1. The summed E-state index contributed by atoms with van der Waals surface area (Å²) in [6.07, 6.45) is 0. The molecule has 0 aliphatic carbocycles. The Hall–Kier alpha value is -1.55. The second-order valence-corrected chi connectivity index (χ2v) is 3.47. The minimum Gasteiger partial charge on any atom is -0.505 e. The van der Waals surface area contributed by atoms with Crippen LogP contribution in [0.15, 0.2) is 18.2 Å². The summed E-state index contributed by atoms with van der Waals surface area (Å²) >= 11 is 0. The number of carbonyl (C=O) groups excluding carboxylic acids is 1. The second-order valence-electron chi connectivity index (χ2n) is 3.47. The summed E-state index contributed by atoms with van der Waals surface area (Å²) in [5, 5.41) is 15.1. The quantitative estimate of drug-likeness (QED) is 0.655. The molecule has 1 unspecified atom stereocenters. The molecule has 4 nitrogen and oxygen atoms in total. The van der Waals surface area contributed by atoms with Gasteiger partial charge in [-0.05, 0) is 32.5 Å². The van der Waals surface area contributed by atoms with E-state index in [9.17, 15) is 9.90 Å². The topological polar surface area (TPSA) is 61.4 Å². The van der Waals surface area contributed by atoms with Crippen molar-refractivity contribution in [3.8, 4) is 5.75 Å². The molecule has 82 valence electrons. The molecule has 0 spiro atoms. The van der Waals surface area contributed by atoms with E-state index >= 15 is 0 Å². The second kappa shape index (κ2) is 4.79. The van der Waals surface area contributed by atoms with Crippen LogP contribution in [0.2, 0.25) is 0 Å². The molecule has 0 aromatic heterocycles. The van der Waals surface area contributed by atoms with E-state index in [1.54, 1.807) is 39.1 Å². The molecule has 0 heterocycles. The van der Waals surface area contributed by atoms with Gasteiger partial charge in [0.1, 0.15) is 5.75 Å². The number of likely N-dealkylation sites (N-methyl/N-ethyl adjacent to an activating group) is 1. The standard InChI is InChI=1S/C11H16N2O2/c1-7-5-4-6-9(10(7)14)13-11(15)8(2)12-3/h4-6,8,12,14H,1-3H3,(H,13,15). The lowest BCUT2D eigenvalue weighted by Crippen LogP contribution is -2.35. The Bertz CT molecular complexity index is 364. The van der Waals surface area contributed by atoms with E-state index in [0.29, 0.717) is 5.69 Å². The van der Waals surface area contributed by atoms with Crippen molar-refractivity contribution in [1.82, 2.24) is 5.32 Å². The summed E-state index contributed by atoms with van der Waals surface area (Å²) < 4.78 is 0. The third-order valence-electron chi connectivity index (χ3n) is 2.32. The van der Waals surface area contributed by atoms with Gasteiger partial charge in [0.2, 0.25) is 5.91 Å². The number of hydrogen-bond donors (Lipinski definition) is 3. The molecule has 0 aliphatic rings. The average molecular weight is 208 g/mol. The van der Waals surface area contributed by atoms with Gasteiger partial charge in [-0.25, -0.2) is 0 Å². The number of amides is 1. The summed E-state index contributed by atoms with van der Waals surface area (Å²) in [4.78, 5) is 11.5. The zero-order valence-corrected chi connectivity index (χ0v) is 9.16. The van der Waals surface area contributed by atoms with E-state index in [1.807, 2.05) is 0 Å². The summed E-state index contributed by atoms with van der Waals surface area (Å²) in [6.45, 7) is 3.54. The first-order valence-corrected chi connectivity index (χ1v) is 4.83. The fourth-order valence-electron chi connectivity index (χ4n) is 1.13. The molecule has 3 N–H and O–H groups in total. The number of rotatable bonds is 3. The Morgan fingerprint density at radius 1 is 1.47 bits per heavy atom. The van der Waals surface area contributed by atoms with Gasteiger partial charge in [0, 0.05) is 0 Å². The fourth-order valence-corrected chi connectivity index (χ4v) is 1.13. The highest BCUT2D eigenvalue weighted by Gasteiger charge is 2.12. The zero-order chi connectivity index (χ0) is 11.4. The third kappa shape index (κ3) is 2.70. The number of hydrogen-bond acceptors (Lipinski definition) is 3. The molecule has 0 saturated heterocycles. The van der Waals surface area contributed by atoms with Crippen LogP contribution in [0, 0.1) is 6.92 Å². The SMILES string of the molecule is CNC(C)C(=O)Nc1cccc(C)c1O. The zero-order valence-electron chi connectivity index (χ0n) is 9.16. The number of aromatic hydroxyl groups is 1. The van der Waals surface area contributed by atoms with E-state index in [1.165, 1.54) is 0 Å². The van der Waals surface area contributed by atoms with E-state index < -0.39 is 0 Å². The van der Waals surface area contributed by atoms with E-state index in [-0.39, 0.29) is 17.7 Å². The van der Waals surface area contributed by atoms with E-state index in [4.69, 9.17) is 0 Å². The number of phenolic OH excluding ortho intramolecular Hbond substituents is 1. The van der Waals surface area contributed by atoms with Crippen LogP contribution < -0.4 is 10.6 Å². The van der Waals surface area contributed by atoms with E-state index in [0.717, 1.165) is 5.56 Å². The number of aryl methyl sites for hydroxylation is 1. The molecule has 1 aromatic carbocycles. The largest absolute Gasteiger partial charge is 0.505 e. The molecule has 1 amide bonds. The maximum Gasteiger partial charge on any atom is 0.241 e. The van der Waals surface area contributed by atoms with Crippen LogP contribution in [0.5, 0.6) is 5.75 Å². The summed E-state index contributed by atoms with van der Waals surface area (Å²) in [5.74, 6) is -0.0486. The summed E-state index contributed by atoms with van der Waals surface area (Å²) in [7, 11) is 1.71. The number of anilines is 1. The van der Waals surface area contributed by atoms with Gasteiger partial charge in [-0.3, -0.25) is 4.79 Å². The molecule has 15 heavy (non-hydrogen) atoms. The van der Waals surface area contributed by atoms with Gasteiger partial charge in [-0.15, -0.1) is 0 Å². The average Bonchev–Trinajstić information content (AvgIpc) is 2.23. The first-order valence-electron chi connectivity index (χ1n) is 4.83. The van der Waals surface area contributed by atoms with Gasteiger partial charge < -0.3 is 15.7 Å². The predicted octanol–water partition coefficient (Wildman–Crippen LogP) is 1.25. The van der Waals surface area contributed by atoms with Gasteiger partial charge in [0.05, 0.1) is 11.7 Å². The molecule has 0 saturated carbocycles. The fraction of sp³-hybridized carbons (Fsp3) is 0.364. The van der Waals surface area contributed by atoms with Gasteiger partial charge in [-0.2, -0.15) is 0 Å². The first kappa shape index (κ1) is 11.5. The normalized spacial score (nSPS) is 12.2. The van der Waals surface area contributed by atoms with Gasteiger partial charge >= 0.3 is 0 Å². The van der Waals surface area contributed by atoms with Crippen LogP contribution in [0.1, 0.15) is 12.5 Å². The van der Waals surface area contributed by atoms with Crippen LogP contribution in [0.4, 0.5) is 5.69 Å². The highest BCUT2D eigenvalue weighted by Crippen LogP contribution is 2.26. The Labute approximate surface area is 89.3 Å². The summed E-state index contributed by atoms with van der Waals surface area (Å²) in [6, 6.07) is 4.95. The van der Waals surface area contributed by atoms with Gasteiger partial charge in [-0.1, -0.05) is 12.1 Å². The summed E-state index contributed by atoms with van der Waals surface area (Å²) in [5.41, 5.74) is 1.19. The molecule has 0 aliphatic heterocycles.